The summed E-state index contributed by atoms with van der Waals surface area (Å²) in [5, 5.41) is 15.9. The van der Waals surface area contributed by atoms with E-state index in [-0.39, 0.29) is 42.7 Å². The molecule has 1 heterocycles. The molecule has 0 bridgehead atoms. The Kier molecular flexibility index (Phi) is 12.1. The molecule has 5 rings (SSSR count). The van der Waals surface area contributed by atoms with E-state index in [1.165, 1.54) is 12.1 Å². The fourth-order valence-electron chi connectivity index (χ4n) is 5.55. The van der Waals surface area contributed by atoms with Crippen molar-refractivity contribution in [2.45, 2.75) is 42.3 Å². The zero-order chi connectivity index (χ0) is 34.7. The Bertz CT molecular complexity index is 1920. The van der Waals surface area contributed by atoms with Gasteiger partial charge in [-0.05, 0) is 77.2 Å². The summed E-state index contributed by atoms with van der Waals surface area (Å²) >= 11 is 3.44. The van der Waals surface area contributed by atoms with E-state index in [1.54, 1.807) is 66.7 Å². The monoisotopic (exact) mass is 745 g/mol. The molecular weight excluding hydrogens is 710 g/mol. The fourth-order valence-corrected chi connectivity index (χ4v) is 7.20. The normalized spacial score (nSPS) is 17.0. The Morgan fingerprint density at radius 3 is 2.45 bits per heavy atom. The predicted molar refractivity (Wildman–Crippen MR) is 190 cm³/mol. The fraction of sp³-hybridized carbons (Fsp3) is 0.278. The van der Waals surface area contributed by atoms with Crippen molar-refractivity contribution in [2.75, 3.05) is 25.5 Å². The Balaban J connectivity index is 1.56. The van der Waals surface area contributed by atoms with Gasteiger partial charge in [0.05, 0.1) is 23.8 Å². The number of nitrogens with zero attached hydrogens (tertiary/aromatic N) is 4. The molecule has 4 aromatic carbocycles. The standard InChI is InChI=1S/C36H36BrN5O6S/c37-29-15-11-26(12-16-29)19-21-39-35(44)36(20-24-49(45,46)31-8-2-1-3-9-31)33(32-10-5-4-7-28(32)25-40-42-38)48-34(41-36)27-13-17-30(18-14-27)47-23-6-22-43/h1-5,7-18,33,43H,6,19-25H2,(H,39,44)/t33-,36-/m1/s1. The second-order valence-electron chi connectivity index (χ2n) is 11.4. The predicted octanol–water partition coefficient (Wildman–Crippen LogP) is 6.50. The lowest BCUT2D eigenvalue weighted by molar-refractivity contribution is -0.129. The summed E-state index contributed by atoms with van der Waals surface area (Å²) in [7, 11) is -3.83. The molecule has 0 aromatic heterocycles. The van der Waals surface area contributed by atoms with E-state index in [0.29, 0.717) is 41.9 Å². The number of sulfone groups is 1. The van der Waals surface area contributed by atoms with E-state index in [4.69, 9.17) is 25.1 Å². The van der Waals surface area contributed by atoms with Gasteiger partial charge in [-0.25, -0.2) is 13.4 Å². The number of carbonyl (C=O) groups is 1. The van der Waals surface area contributed by atoms with Gasteiger partial charge in [-0.3, -0.25) is 4.79 Å². The number of aliphatic imine (C=N–C) groups is 1. The number of amides is 1. The summed E-state index contributed by atoms with van der Waals surface area (Å²) in [6, 6.07) is 30.0. The molecule has 0 unspecified atom stereocenters. The van der Waals surface area contributed by atoms with Gasteiger partial charge >= 0.3 is 0 Å². The summed E-state index contributed by atoms with van der Waals surface area (Å²) in [5.74, 6) is -0.136. The van der Waals surface area contributed by atoms with Gasteiger partial charge in [-0.15, -0.1) is 0 Å². The number of nitrogens with one attached hydrogen (secondary N) is 1. The first-order valence-corrected chi connectivity index (χ1v) is 18.2. The van der Waals surface area contributed by atoms with E-state index in [0.717, 1.165) is 10.0 Å². The third kappa shape index (κ3) is 8.87. The van der Waals surface area contributed by atoms with Crippen LogP contribution in [0.4, 0.5) is 0 Å². The Hall–Kier alpha value is -4.68. The average Bonchev–Trinajstić information content (AvgIpc) is 3.52. The number of aliphatic hydroxyl groups excluding tert-OH is 1. The summed E-state index contributed by atoms with van der Waals surface area (Å²) in [5.41, 5.74) is 10.1. The zero-order valence-corrected chi connectivity index (χ0v) is 29.0. The Morgan fingerprint density at radius 1 is 1.02 bits per heavy atom. The SMILES string of the molecule is [N-]=[N+]=NCc1ccccc1[C@H]1OC(c2ccc(OCCCO)cc2)=N[C@@]1(CCS(=O)(=O)c1ccccc1)C(=O)NCCc1ccc(Br)cc1. The molecule has 0 radical (unpaired) electrons. The number of azide groups is 1. The highest BCUT2D eigenvalue weighted by Crippen LogP contribution is 2.44. The van der Waals surface area contributed by atoms with Crippen LogP contribution in [0.15, 0.2) is 123 Å². The van der Waals surface area contributed by atoms with Crippen molar-refractivity contribution in [3.8, 4) is 5.75 Å². The van der Waals surface area contributed by atoms with Crippen LogP contribution < -0.4 is 10.1 Å². The second-order valence-corrected chi connectivity index (χ2v) is 14.4. The maximum absolute atomic E-state index is 14.5. The summed E-state index contributed by atoms with van der Waals surface area (Å²) in [6.07, 6.45) is -0.225. The van der Waals surface area contributed by atoms with Gasteiger partial charge in [0.1, 0.15) is 5.75 Å². The van der Waals surface area contributed by atoms with Gasteiger partial charge in [0.25, 0.3) is 5.91 Å². The minimum Gasteiger partial charge on any atom is -0.494 e. The van der Waals surface area contributed by atoms with Crippen LogP contribution in [-0.4, -0.2) is 56.4 Å². The van der Waals surface area contributed by atoms with Crippen LogP contribution in [-0.2, 0) is 32.3 Å². The summed E-state index contributed by atoms with van der Waals surface area (Å²) in [6.45, 7) is 0.617. The molecule has 0 saturated carbocycles. The van der Waals surface area contributed by atoms with Gasteiger partial charge in [-0.2, -0.15) is 0 Å². The lowest BCUT2D eigenvalue weighted by atomic mass is 9.83. The van der Waals surface area contributed by atoms with E-state index in [1.807, 2.05) is 24.3 Å². The first kappa shape index (κ1) is 35.6. The van der Waals surface area contributed by atoms with Crippen LogP contribution in [0, 0.1) is 0 Å². The lowest BCUT2D eigenvalue weighted by Gasteiger charge is -2.31. The smallest absolute Gasteiger partial charge is 0.252 e. The van der Waals surface area contributed by atoms with Crippen LogP contribution >= 0.6 is 15.9 Å². The topological polar surface area (TPSA) is 163 Å². The molecule has 1 aliphatic rings. The number of ether oxygens (including phenoxy) is 2. The lowest BCUT2D eigenvalue weighted by Crippen LogP contribution is -2.50. The van der Waals surface area contributed by atoms with Crippen molar-refractivity contribution in [2.24, 2.45) is 10.1 Å². The minimum absolute atomic E-state index is 0.00861. The number of carbonyl (C=O) groups excluding carboxylic acids is 1. The third-order valence-corrected chi connectivity index (χ3v) is 10.4. The van der Waals surface area contributed by atoms with Crippen LogP contribution in [0.3, 0.4) is 0 Å². The molecule has 2 atom stereocenters. The second kappa shape index (κ2) is 16.6. The zero-order valence-electron chi connectivity index (χ0n) is 26.6. The van der Waals surface area contributed by atoms with Crippen LogP contribution in [0.2, 0.25) is 0 Å². The highest BCUT2D eigenvalue weighted by atomic mass is 79.9. The quantitative estimate of drug-likeness (QED) is 0.0576. The van der Waals surface area contributed by atoms with Crippen LogP contribution in [0.5, 0.6) is 5.75 Å². The molecule has 49 heavy (non-hydrogen) atoms. The van der Waals surface area contributed by atoms with Crippen molar-refractivity contribution in [3.05, 3.63) is 140 Å². The molecule has 0 spiro atoms. The van der Waals surface area contributed by atoms with Crippen LogP contribution in [0.1, 0.15) is 41.2 Å². The first-order chi connectivity index (χ1) is 23.8. The largest absolute Gasteiger partial charge is 0.494 e. The molecule has 1 aliphatic heterocycles. The maximum Gasteiger partial charge on any atom is 0.252 e. The molecule has 4 aromatic rings. The van der Waals surface area contributed by atoms with E-state index >= 15 is 0 Å². The van der Waals surface area contributed by atoms with Gasteiger partial charge < -0.3 is 19.9 Å². The molecule has 1 amide bonds. The number of benzene rings is 4. The molecule has 0 fully saturated rings. The minimum atomic E-state index is -3.83. The number of hydrogen-bond acceptors (Lipinski definition) is 8. The highest BCUT2D eigenvalue weighted by molar-refractivity contribution is 9.10. The first-order valence-electron chi connectivity index (χ1n) is 15.8. The molecular formula is C36H36BrN5O6S. The van der Waals surface area contributed by atoms with Crippen molar-refractivity contribution in [1.82, 2.24) is 5.32 Å². The number of rotatable bonds is 16. The van der Waals surface area contributed by atoms with Gasteiger partial charge in [0.15, 0.2) is 21.5 Å². The Labute approximate surface area is 293 Å². The van der Waals surface area contributed by atoms with Crippen molar-refractivity contribution in [1.29, 1.82) is 0 Å². The molecule has 254 valence electrons. The maximum atomic E-state index is 14.5. The van der Waals surface area contributed by atoms with Crippen molar-refractivity contribution >= 4 is 37.6 Å². The van der Waals surface area contributed by atoms with E-state index in [9.17, 15) is 13.2 Å². The van der Waals surface area contributed by atoms with Crippen molar-refractivity contribution < 1.29 is 27.8 Å². The van der Waals surface area contributed by atoms with E-state index in [2.05, 4.69) is 31.3 Å². The number of hydrogen-bond donors (Lipinski definition) is 2. The molecule has 11 nitrogen and oxygen atoms in total. The third-order valence-electron chi connectivity index (χ3n) is 8.14. The number of halogens is 1. The van der Waals surface area contributed by atoms with Gasteiger partial charge in [0.2, 0.25) is 5.90 Å². The van der Waals surface area contributed by atoms with Gasteiger partial charge in [-0.1, -0.05) is 75.6 Å². The molecule has 0 saturated heterocycles. The summed E-state index contributed by atoms with van der Waals surface area (Å²) < 4.78 is 40.4. The van der Waals surface area contributed by atoms with Crippen LogP contribution in [0.25, 0.3) is 10.4 Å². The van der Waals surface area contributed by atoms with Gasteiger partial charge in [0, 0.05) is 40.9 Å². The Morgan fingerprint density at radius 2 is 1.73 bits per heavy atom. The number of aliphatic hydroxyl groups is 1. The molecule has 2 N–H and O–H groups in total. The van der Waals surface area contributed by atoms with E-state index < -0.39 is 27.4 Å². The van der Waals surface area contributed by atoms with Crippen molar-refractivity contribution in [3.63, 3.8) is 0 Å². The highest BCUT2D eigenvalue weighted by Gasteiger charge is 2.54. The summed E-state index contributed by atoms with van der Waals surface area (Å²) in [4.78, 5) is 22.5. The molecule has 0 aliphatic carbocycles. The molecule has 13 heteroatoms. The average molecular weight is 747 g/mol.